The fourth-order valence-electron chi connectivity index (χ4n) is 2.33. The molecule has 0 aliphatic heterocycles. The van der Waals surface area contributed by atoms with Crippen molar-refractivity contribution in [1.82, 2.24) is 0 Å². The van der Waals surface area contributed by atoms with E-state index in [4.69, 9.17) is 4.74 Å². The van der Waals surface area contributed by atoms with Gasteiger partial charge in [0.1, 0.15) is 0 Å². The van der Waals surface area contributed by atoms with Gasteiger partial charge in [-0.15, -0.1) is 0 Å². The van der Waals surface area contributed by atoms with Crippen molar-refractivity contribution in [3.05, 3.63) is 58.6 Å². The number of ether oxygens (including phenoxy) is 1. The van der Waals surface area contributed by atoms with Gasteiger partial charge in [0.15, 0.2) is 6.61 Å². The molecule has 0 bridgehead atoms. The van der Waals surface area contributed by atoms with E-state index in [-0.39, 0.29) is 18.7 Å². The van der Waals surface area contributed by atoms with E-state index in [1.165, 1.54) is 0 Å². The van der Waals surface area contributed by atoms with Gasteiger partial charge in [-0.3, -0.25) is 14.4 Å². The molecule has 0 spiro atoms. The van der Waals surface area contributed by atoms with Crippen LogP contribution in [0.15, 0.2) is 53.0 Å². The SMILES string of the molecule is CCc1ccccc1NC(=O)CCC(=O)OCC(=O)Nc1ccc(Br)cc1. The smallest absolute Gasteiger partial charge is 0.306 e. The third-order valence-corrected chi connectivity index (χ3v) is 4.25. The van der Waals surface area contributed by atoms with E-state index in [9.17, 15) is 14.4 Å². The minimum Gasteiger partial charge on any atom is -0.456 e. The molecular weight excluding hydrogens is 412 g/mol. The first-order valence-corrected chi connectivity index (χ1v) is 9.36. The Morgan fingerprint density at radius 2 is 1.63 bits per heavy atom. The van der Waals surface area contributed by atoms with E-state index >= 15 is 0 Å². The minimum atomic E-state index is -0.597. The highest BCUT2D eigenvalue weighted by molar-refractivity contribution is 9.10. The lowest BCUT2D eigenvalue weighted by molar-refractivity contribution is -0.147. The third-order valence-electron chi connectivity index (χ3n) is 3.72. The van der Waals surface area contributed by atoms with Crippen molar-refractivity contribution in [2.75, 3.05) is 17.2 Å². The molecule has 2 amide bonds. The predicted octanol–water partition coefficient (Wildman–Crippen LogP) is 3.91. The van der Waals surface area contributed by atoms with Crippen molar-refractivity contribution in [2.24, 2.45) is 0 Å². The molecule has 2 N–H and O–H groups in total. The lowest BCUT2D eigenvalue weighted by atomic mass is 10.1. The van der Waals surface area contributed by atoms with Crippen LogP contribution in [0.3, 0.4) is 0 Å². The van der Waals surface area contributed by atoms with E-state index < -0.39 is 18.5 Å². The van der Waals surface area contributed by atoms with Crippen LogP contribution in [-0.4, -0.2) is 24.4 Å². The monoisotopic (exact) mass is 432 g/mol. The molecule has 0 atom stereocenters. The Kier molecular flexibility index (Phi) is 8.00. The predicted molar refractivity (Wildman–Crippen MR) is 107 cm³/mol. The summed E-state index contributed by atoms with van der Waals surface area (Å²) in [5.41, 5.74) is 2.37. The highest BCUT2D eigenvalue weighted by Gasteiger charge is 2.12. The molecule has 0 aliphatic carbocycles. The number of amides is 2. The summed E-state index contributed by atoms with van der Waals surface area (Å²) in [6, 6.07) is 14.5. The van der Waals surface area contributed by atoms with Crippen LogP contribution in [0, 0.1) is 0 Å². The van der Waals surface area contributed by atoms with E-state index in [2.05, 4.69) is 26.6 Å². The largest absolute Gasteiger partial charge is 0.456 e. The van der Waals surface area contributed by atoms with Crippen LogP contribution in [0.2, 0.25) is 0 Å². The van der Waals surface area contributed by atoms with E-state index in [0.29, 0.717) is 5.69 Å². The first kappa shape index (κ1) is 20.6. The van der Waals surface area contributed by atoms with Crippen LogP contribution in [0.1, 0.15) is 25.3 Å². The van der Waals surface area contributed by atoms with Gasteiger partial charge < -0.3 is 15.4 Å². The summed E-state index contributed by atoms with van der Waals surface area (Å²) >= 11 is 3.30. The molecule has 0 unspecified atom stereocenters. The molecule has 0 saturated heterocycles. The normalized spacial score (nSPS) is 10.1. The number of carbonyl (C=O) groups excluding carboxylic acids is 3. The molecule has 7 heteroatoms. The average Bonchev–Trinajstić information content (AvgIpc) is 2.67. The van der Waals surface area contributed by atoms with Crippen LogP contribution in [-0.2, 0) is 25.5 Å². The number of carbonyl (C=O) groups is 3. The van der Waals surface area contributed by atoms with Gasteiger partial charge in [0.05, 0.1) is 6.42 Å². The molecule has 6 nitrogen and oxygen atoms in total. The molecule has 0 heterocycles. The molecule has 2 aromatic rings. The molecule has 0 aliphatic rings. The Morgan fingerprint density at radius 1 is 0.926 bits per heavy atom. The summed E-state index contributed by atoms with van der Waals surface area (Å²) in [7, 11) is 0. The van der Waals surface area contributed by atoms with Gasteiger partial charge in [0, 0.05) is 22.3 Å². The van der Waals surface area contributed by atoms with E-state index in [1.54, 1.807) is 24.3 Å². The van der Waals surface area contributed by atoms with Crippen molar-refractivity contribution in [2.45, 2.75) is 26.2 Å². The Labute approximate surface area is 166 Å². The molecule has 2 aromatic carbocycles. The molecule has 0 radical (unpaired) electrons. The van der Waals surface area contributed by atoms with Gasteiger partial charge >= 0.3 is 5.97 Å². The van der Waals surface area contributed by atoms with Gasteiger partial charge in [-0.2, -0.15) is 0 Å². The molecule has 2 rings (SSSR count). The third kappa shape index (κ3) is 7.22. The molecule has 27 heavy (non-hydrogen) atoms. The second-order valence-electron chi connectivity index (χ2n) is 5.77. The quantitative estimate of drug-likeness (QED) is 0.619. The maximum atomic E-state index is 12.0. The van der Waals surface area contributed by atoms with Crippen LogP contribution < -0.4 is 10.6 Å². The molecule has 142 valence electrons. The zero-order valence-corrected chi connectivity index (χ0v) is 16.5. The number of anilines is 2. The van der Waals surface area contributed by atoms with Gasteiger partial charge in [0.25, 0.3) is 5.91 Å². The molecule has 0 fully saturated rings. The van der Waals surface area contributed by atoms with Gasteiger partial charge in [0.2, 0.25) is 5.91 Å². The number of halogens is 1. The molecular formula is C20H21BrN2O4. The zero-order chi connectivity index (χ0) is 19.6. The topological polar surface area (TPSA) is 84.5 Å². The summed E-state index contributed by atoms with van der Waals surface area (Å²) in [6.07, 6.45) is 0.697. The second-order valence-corrected chi connectivity index (χ2v) is 6.69. The number of hydrogen-bond donors (Lipinski definition) is 2. The van der Waals surface area contributed by atoms with Gasteiger partial charge in [-0.05, 0) is 42.3 Å². The van der Waals surface area contributed by atoms with Crippen LogP contribution in [0.4, 0.5) is 11.4 Å². The Bertz CT molecular complexity index is 806. The van der Waals surface area contributed by atoms with Crippen molar-refractivity contribution in [3.63, 3.8) is 0 Å². The summed E-state index contributed by atoms with van der Waals surface area (Å²) in [6.45, 7) is 1.61. The zero-order valence-electron chi connectivity index (χ0n) is 15.0. The lowest BCUT2D eigenvalue weighted by Gasteiger charge is -2.09. The Morgan fingerprint density at radius 3 is 2.33 bits per heavy atom. The number of rotatable bonds is 8. The fourth-order valence-corrected chi connectivity index (χ4v) is 2.59. The first-order chi connectivity index (χ1) is 13.0. The van der Waals surface area contributed by atoms with E-state index in [1.807, 2.05) is 31.2 Å². The van der Waals surface area contributed by atoms with Crippen molar-refractivity contribution >= 4 is 45.1 Å². The first-order valence-electron chi connectivity index (χ1n) is 8.56. The summed E-state index contributed by atoms with van der Waals surface area (Å²) in [4.78, 5) is 35.5. The second kappa shape index (κ2) is 10.5. The summed E-state index contributed by atoms with van der Waals surface area (Å²) in [5, 5.41) is 5.41. The van der Waals surface area contributed by atoms with Crippen molar-refractivity contribution in [3.8, 4) is 0 Å². The maximum absolute atomic E-state index is 12.0. The molecule has 0 aromatic heterocycles. The summed E-state index contributed by atoms with van der Waals surface area (Å²) in [5.74, 6) is -1.31. The molecule has 0 saturated carbocycles. The highest BCUT2D eigenvalue weighted by atomic mass is 79.9. The van der Waals surface area contributed by atoms with E-state index in [0.717, 1.165) is 22.1 Å². The van der Waals surface area contributed by atoms with Crippen LogP contribution >= 0.6 is 15.9 Å². The number of nitrogens with one attached hydrogen (secondary N) is 2. The van der Waals surface area contributed by atoms with Gasteiger partial charge in [-0.1, -0.05) is 41.1 Å². The number of aryl methyl sites for hydroxylation is 1. The average molecular weight is 433 g/mol. The fraction of sp³-hybridized carbons (Fsp3) is 0.250. The minimum absolute atomic E-state index is 0.00872. The number of para-hydroxylation sites is 1. The Balaban J connectivity index is 1.70. The van der Waals surface area contributed by atoms with Crippen molar-refractivity contribution < 1.29 is 19.1 Å². The number of esters is 1. The highest BCUT2D eigenvalue weighted by Crippen LogP contribution is 2.16. The standard InChI is InChI=1S/C20H21BrN2O4/c1-2-14-5-3-4-6-17(14)23-18(24)11-12-20(26)27-13-19(25)22-16-9-7-15(21)8-10-16/h3-10H,2,11-13H2,1H3,(H,22,25)(H,23,24). The maximum Gasteiger partial charge on any atom is 0.306 e. The van der Waals surface area contributed by atoms with Gasteiger partial charge in [-0.25, -0.2) is 0 Å². The summed E-state index contributed by atoms with van der Waals surface area (Å²) < 4.78 is 5.80. The van der Waals surface area contributed by atoms with Crippen LogP contribution in [0.25, 0.3) is 0 Å². The van der Waals surface area contributed by atoms with Crippen LogP contribution in [0.5, 0.6) is 0 Å². The van der Waals surface area contributed by atoms with Crippen molar-refractivity contribution in [1.29, 1.82) is 0 Å². The number of benzene rings is 2. The number of hydrogen-bond acceptors (Lipinski definition) is 4. The lowest BCUT2D eigenvalue weighted by Crippen LogP contribution is -2.21. The Hall–Kier alpha value is -2.67.